The Morgan fingerprint density at radius 2 is 1.20 bits per heavy atom. The molecular formula is C37H26ClNO5S. The number of aryl methyl sites for hydroxylation is 1. The highest BCUT2D eigenvalue weighted by atomic mass is 35.5. The van der Waals surface area contributed by atoms with E-state index in [0.717, 1.165) is 27.7 Å². The topological polar surface area (TPSA) is 78.5 Å². The van der Waals surface area contributed by atoms with Crippen LogP contribution in [0.4, 0.5) is 0 Å². The van der Waals surface area contributed by atoms with E-state index in [1.807, 2.05) is 67.7 Å². The van der Waals surface area contributed by atoms with Crippen LogP contribution in [-0.2, 0) is 17.2 Å². The van der Waals surface area contributed by atoms with Crippen LogP contribution in [0, 0.1) is 0 Å². The summed E-state index contributed by atoms with van der Waals surface area (Å²) in [6.07, 6.45) is 0. The lowest BCUT2D eigenvalue weighted by Gasteiger charge is -2.23. The zero-order chi connectivity index (χ0) is 31.1. The van der Waals surface area contributed by atoms with Gasteiger partial charge in [-0.1, -0.05) is 109 Å². The average molecular weight is 632 g/mol. The van der Waals surface area contributed by atoms with Crippen molar-refractivity contribution in [3.63, 3.8) is 0 Å². The summed E-state index contributed by atoms with van der Waals surface area (Å²) >= 11 is 6.02. The number of fused-ring (bicyclic) bond motifs is 2. The van der Waals surface area contributed by atoms with Crippen LogP contribution in [0.3, 0.4) is 0 Å². The summed E-state index contributed by atoms with van der Waals surface area (Å²) in [6, 6.07) is 40.7. The van der Waals surface area contributed by atoms with Gasteiger partial charge in [-0.3, -0.25) is 0 Å². The fourth-order valence-corrected chi connectivity index (χ4v) is 7.04. The predicted molar refractivity (Wildman–Crippen MR) is 177 cm³/mol. The maximum Gasteiger partial charge on any atom is 0.346 e. The summed E-state index contributed by atoms with van der Waals surface area (Å²) in [5, 5.41) is 2.03. The molecule has 0 saturated heterocycles. The van der Waals surface area contributed by atoms with E-state index in [0.29, 0.717) is 26.9 Å². The molecule has 0 N–H and O–H groups in total. The zero-order valence-corrected chi connectivity index (χ0v) is 25.6. The van der Waals surface area contributed by atoms with Crippen LogP contribution >= 0.6 is 11.6 Å². The first kappa shape index (κ1) is 28.6. The van der Waals surface area contributed by atoms with Crippen LogP contribution in [0.25, 0.3) is 32.8 Å². The number of para-hydroxylation sites is 1. The molecule has 0 radical (unpaired) electrons. The Hall–Kier alpha value is -5.11. The minimum Gasteiger partial charge on any atom is -0.388 e. The maximum atomic E-state index is 13.6. The van der Waals surface area contributed by atoms with Crippen molar-refractivity contribution >= 4 is 43.4 Å². The van der Waals surface area contributed by atoms with Gasteiger partial charge in [0.1, 0.15) is 4.90 Å². The largest absolute Gasteiger partial charge is 0.388 e. The van der Waals surface area contributed by atoms with Gasteiger partial charge in [0.25, 0.3) is 0 Å². The molecule has 2 heterocycles. The van der Waals surface area contributed by atoms with Gasteiger partial charge in [-0.2, -0.15) is 8.42 Å². The van der Waals surface area contributed by atoms with E-state index in [1.54, 1.807) is 24.3 Å². The Kier molecular flexibility index (Phi) is 7.28. The lowest BCUT2D eigenvalue weighted by molar-refractivity contribution is 0.364. The SMILES string of the molecule is Cn1c(C(c2ccccc2)c2ccccc2)c(-c2c(OS(=O)(=O)c3ccc(Cl)cc3)oc(=O)c3ccccc23)c2ccccc21. The fraction of sp³-hybridized carbons (Fsp3) is 0.0541. The molecule has 7 aromatic rings. The van der Waals surface area contributed by atoms with Crippen molar-refractivity contribution in [1.29, 1.82) is 0 Å². The third kappa shape index (κ3) is 5.10. The molecule has 0 fully saturated rings. The van der Waals surface area contributed by atoms with Crippen molar-refractivity contribution < 1.29 is 17.0 Å². The van der Waals surface area contributed by atoms with Crippen LogP contribution in [0.2, 0.25) is 5.02 Å². The first-order valence-electron chi connectivity index (χ1n) is 14.3. The molecular weight excluding hydrogens is 606 g/mol. The summed E-state index contributed by atoms with van der Waals surface area (Å²) in [5.41, 5.74) is 4.23. The van der Waals surface area contributed by atoms with E-state index < -0.39 is 21.7 Å². The van der Waals surface area contributed by atoms with E-state index in [4.69, 9.17) is 20.2 Å². The number of rotatable bonds is 7. The molecule has 7 rings (SSSR count). The second kappa shape index (κ2) is 11.4. The van der Waals surface area contributed by atoms with Crippen molar-refractivity contribution in [3.8, 4) is 17.1 Å². The van der Waals surface area contributed by atoms with Crippen molar-refractivity contribution in [3.05, 3.63) is 166 Å². The van der Waals surface area contributed by atoms with Gasteiger partial charge in [0.15, 0.2) is 0 Å². The summed E-state index contributed by atoms with van der Waals surface area (Å²) in [7, 11) is -2.44. The van der Waals surface area contributed by atoms with Gasteiger partial charge in [0.05, 0.1) is 10.9 Å². The lowest BCUT2D eigenvalue weighted by atomic mass is 9.84. The zero-order valence-electron chi connectivity index (χ0n) is 24.1. The summed E-state index contributed by atoms with van der Waals surface area (Å²) in [4.78, 5) is 13.2. The molecule has 0 saturated carbocycles. The van der Waals surface area contributed by atoms with Gasteiger partial charge in [-0.05, 0) is 47.5 Å². The van der Waals surface area contributed by atoms with E-state index >= 15 is 0 Å². The molecule has 0 bridgehead atoms. The Morgan fingerprint density at radius 3 is 1.82 bits per heavy atom. The summed E-state index contributed by atoms with van der Waals surface area (Å²) in [6.45, 7) is 0. The van der Waals surface area contributed by atoms with Crippen LogP contribution in [0.5, 0.6) is 5.95 Å². The van der Waals surface area contributed by atoms with Gasteiger partial charge >= 0.3 is 21.7 Å². The summed E-state index contributed by atoms with van der Waals surface area (Å²) < 4.78 is 40.9. The van der Waals surface area contributed by atoms with Crippen molar-refractivity contribution in [2.75, 3.05) is 0 Å². The number of hydrogen-bond acceptors (Lipinski definition) is 5. The minimum absolute atomic E-state index is 0.127. The molecule has 222 valence electrons. The highest BCUT2D eigenvalue weighted by molar-refractivity contribution is 7.87. The minimum atomic E-state index is -4.43. The van der Waals surface area contributed by atoms with Crippen molar-refractivity contribution in [2.45, 2.75) is 10.8 Å². The van der Waals surface area contributed by atoms with E-state index in [2.05, 4.69) is 28.8 Å². The molecule has 6 nitrogen and oxygen atoms in total. The first-order chi connectivity index (χ1) is 21.8. The third-order valence-corrected chi connectivity index (χ3v) is 9.51. The fourth-order valence-electron chi connectivity index (χ4n) is 6.04. The van der Waals surface area contributed by atoms with Crippen LogP contribution in [0.1, 0.15) is 22.7 Å². The Morgan fingerprint density at radius 1 is 0.667 bits per heavy atom. The Labute approximate surface area is 264 Å². The first-order valence-corrected chi connectivity index (χ1v) is 16.1. The molecule has 0 spiro atoms. The van der Waals surface area contributed by atoms with E-state index in [1.165, 1.54) is 24.3 Å². The quantitative estimate of drug-likeness (QED) is 0.165. The second-order valence-electron chi connectivity index (χ2n) is 10.7. The molecule has 45 heavy (non-hydrogen) atoms. The molecule has 2 aromatic heterocycles. The van der Waals surface area contributed by atoms with E-state index in [-0.39, 0.29) is 10.8 Å². The molecule has 0 aliphatic rings. The number of hydrogen-bond donors (Lipinski definition) is 0. The molecule has 0 aliphatic heterocycles. The maximum absolute atomic E-state index is 13.6. The second-order valence-corrected chi connectivity index (χ2v) is 12.7. The Bertz CT molecular complexity index is 2310. The van der Waals surface area contributed by atoms with Gasteiger partial charge in [0, 0.05) is 45.5 Å². The number of halogens is 1. The standard InChI is InChI=1S/C37H26ClNO5S/c1-39-31-19-11-10-18-30(31)33(35(39)32(24-12-4-2-5-13-24)25-14-6-3-7-15-25)34-28-16-8-9-17-29(28)36(40)43-37(34)44-45(41,42)27-22-20-26(38)21-23-27/h2-23,32H,1H3. The van der Waals surface area contributed by atoms with Crippen molar-refractivity contribution in [1.82, 2.24) is 4.57 Å². The lowest BCUT2D eigenvalue weighted by Crippen LogP contribution is -2.14. The average Bonchev–Trinajstić information content (AvgIpc) is 3.34. The normalized spacial score (nSPS) is 11.8. The summed E-state index contributed by atoms with van der Waals surface area (Å²) in [5.74, 6) is -0.683. The molecule has 0 unspecified atom stereocenters. The predicted octanol–water partition coefficient (Wildman–Crippen LogP) is 8.55. The monoisotopic (exact) mass is 631 g/mol. The van der Waals surface area contributed by atoms with Crippen LogP contribution in [0.15, 0.2) is 148 Å². The van der Waals surface area contributed by atoms with Gasteiger partial charge in [-0.25, -0.2) is 4.79 Å². The van der Waals surface area contributed by atoms with Crippen molar-refractivity contribution in [2.24, 2.45) is 7.05 Å². The highest BCUT2D eigenvalue weighted by Crippen LogP contribution is 2.48. The van der Waals surface area contributed by atoms with E-state index in [9.17, 15) is 13.2 Å². The third-order valence-electron chi connectivity index (χ3n) is 8.04. The molecule has 8 heteroatoms. The molecule has 5 aromatic carbocycles. The number of benzene rings is 5. The molecule has 0 amide bonds. The molecule has 0 aliphatic carbocycles. The molecule has 0 atom stereocenters. The number of nitrogens with zero attached hydrogens (tertiary/aromatic N) is 1. The van der Waals surface area contributed by atoms with Gasteiger partial charge < -0.3 is 13.2 Å². The van der Waals surface area contributed by atoms with Gasteiger partial charge in [-0.15, -0.1) is 0 Å². The van der Waals surface area contributed by atoms with Crippen LogP contribution in [-0.4, -0.2) is 13.0 Å². The highest BCUT2D eigenvalue weighted by Gasteiger charge is 2.32. The number of aromatic nitrogens is 1. The van der Waals surface area contributed by atoms with Crippen LogP contribution < -0.4 is 9.81 Å². The Balaban J connectivity index is 1.60. The smallest absolute Gasteiger partial charge is 0.346 e. The van der Waals surface area contributed by atoms with Gasteiger partial charge in [0.2, 0.25) is 0 Å².